The van der Waals surface area contributed by atoms with Gasteiger partial charge >= 0.3 is 12.0 Å². The zero-order valence-corrected chi connectivity index (χ0v) is 11.7. The highest BCUT2D eigenvalue weighted by Gasteiger charge is 2.17. The van der Waals surface area contributed by atoms with E-state index in [1.54, 1.807) is 6.07 Å². The highest BCUT2D eigenvalue weighted by Crippen LogP contribution is 2.24. The fourth-order valence-electron chi connectivity index (χ4n) is 1.65. The van der Waals surface area contributed by atoms with Gasteiger partial charge in [-0.05, 0) is 18.6 Å². The number of carboxylic acid groups (broad SMARTS) is 1. The van der Waals surface area contributed by atoms with Crippen molar-refractivity contribution in [2.45, 2.75) is 25.8 Å². The Kier molecular flexibility index (Phi) is 5.88. The third kappa shape index (κ3) is 4.18. The minimum Gasteiger partial charge on any atom is -0.478 e. The van der Waals surface area contributed by atoms with Crippen molar-refractivity contribution in [1.82, 2.24) is 5.32 Å². The van der Waals surface area contributed by atoms with E-state index in [2.05, 4.69) is 16.6 Å². The fraction of sp³-hybridized carbons (Fsp3) is 0.286. The van der Waals surface area contributed by atoms with Crippen molar-refractivity contribution in [2.75, 3.05) is 5.32 Å². The third-order valence-corrected chi connectivity index (χ3v) is 2.87. The van der Waals surface area contributed by atoms with Crippen LogP contribution in [0.25, 0.3) is 0 Å². The van der Waals surface area contributed by atoms with Crippen LogP contribution < -0.4 is 10.6 Å². The Labute approximate surface area is 122 Å². The molecule has 3 N–H and O–H groups in total. The van der Waals surface area contributed by atoms with Crippen molar-refractivity contribution in [3.05, 3.63) is 28.8 Å². The van der Waals surface area contributed by atoms with Gasteiger partial charge in [0.1, 0.15) is 5.56 Å². The zero-order valence-electron chi connectivity index (χ0n) is 10.9. The first-order valence-corrected chi connectivity index (χ1v) is 6.42. The molecule has 0 aliphatic rings. The minimum atomic E-state index is -1.21. The number of aromatic carboxylic acids is 1. The first-order valence-electron chi connectivity index (χ1n) is 6.05. The van der Waals surface area contributed by atoms with Crippen molar-refractivity contribution < 1.29 is 14.7 Å². The summed E-state index contributed by atoms with van der Waals surface area (Å²) in [6.45, 7) is 1.95. The van der Waals surface area contributed by atoms with Crippen molar-refractivity contribution >= 4 is 29.3 Å². The van der Waals surface area contributed by atoms with Gasteiger partial charge in [-0.2, -0.15) is 0 Å². The number of urea groups is 1. The molecule has 0 radical (unpaired) electrons. The smallest absolute Gasteiger partial charge is 0.339 e. The first-order chi connectivity index (χ1) is 9.49. The quantitative estimate of drug-likeness (QED) is 0.731. The summed E-state index contributed by atoms with van der Waals surface area (Å²) in [6.07, 6.45) is 6.77. The fourth-order valence-corrected chi connectivity index (χ4v) is 1.90. The third-order valence-electron chi connectivity index (χ3n) is 2.56. The molecule has 0 aliphatic heterocycles. The van der Waals surface area contributed by atoms with Crippen LogP contribution >= 0.6 is 11.6 Å². The lowest BCUT2D eigenvalue weighted by atomic mass is 10.1. The molecule has 0 saturated carbocycles. The number of carboxylic acids is 1. The van der Waals surface area contributed by atoms with Crippen LogP contribution in [0, 0.1) is 12.3 Å². The van der Waals surface area contributed by atoms with Crippen LogP contribution in [0.15, 0.2) is 18.2 Å². The molecular formula is C14H15ClN2O3. The van der Waals surface area contributed by atoms with Gasteiger partial charge in [-0.15, -0.1) is 6.42 Å². The van der Waals surface area contributed by atoms with Crippen LogP contribution in [-0.2, 0) is 0 Å². The average Bonchev–Trinajstić information content (AvgIpc) is 2.37. The number of amides is 2. The molecule has 1 aromatic rings. The van der Waals surface area contributed by atoms with Gasteiger partial charge in [0.2, 0.25) is 0 Å². The maximum atomic E-state index is 11.8. The Morgan fingerprint density at radius 3 is 2.75 bits per heavy atom. The molecule has 20 heavy (non-hydrogen) atoms. The Bertz CT molecular complexity index is 552. The molecule has 0 fully saturated rings. The van der Waals surface area contributed by atoms with Gasteiger partial charge < -0.3 is 15.7 Å². The standard InChI is InChI=1S/C14H15ClN2O3/c1-3-6-9(4-2)16-14(20)17-11-8-5-7-10(15)12(11)13(18)19/h2,5,7-9H,3,6H2,1H3,(H,18,19)(H2,16,17,20). The van der Waals surface area contributed by atoms with Crippen LogP contribution in [0.3, 0.4) is 0 Å². The van der Waals surface area contributed by atoms with Crippen LogP contribution in [0.5, 0.6) is 0 Å². The molecule has 0 aliphatic carbocycles. The number of anilines is 1. The Morgan fingerprint density at radius 1 is 1.50 bits per heavy atom. The SMILES string of the molecule is C#CC(CCC)NC(=O)Nc1cccc(Cl)c1C(=O)O. The molecule has 0 heterocycles. The number of rotatable bonds is 5. The molecule has 1 rings (SSSR count). The summed E-state index contributed by atoms with van der Waals surface area (Å²) in [5.41, 5.74) is -0.0353. The summed E-state index contributed by atoms with van der Waals surface area (Å²) in [5.74, 6) is 1.24. The lowest BCUT2D eigenvalue weighted by Crippen LogP contribution is -2.37. The van der Waals surface area contributed by atoms with E-state index < -0.39 is 18.0 Å². The monoisotopic (exact) mass is 294 g/mol. The molecule has 0 saturated heterocycles. The maximum Gasteiger partial charge on any atom is 0.339 e. The molecular weight excluding hydrogens is 280 g/mol. The van der Waals surface area contributed by atoms with Crippen molar-refractivity contribution in [2.24, 2.45) is 0 Å². The molecule has 5 nitrogen and oxygen atoms in total. The maximum absolute atomic E-state index is 11.8. The summed E-state index contributed by atoms with van der Waals surface area (Å²) < 4.78 is 0. The topological polar surface area (TPSA) is 78.4 Å². The number of halogens is 1. The van der Waals surface area contributed by atoms with Gasteiger partial charge in [0.15, 0.2) is 0 Å². The first kappa shape index (κ1) is 15.9. The normalized spacial score (nSPS) is 11.2. The van der Waals surface area contributed by atoms with E-state index in [4.69, 9.17) is 23.1 Å². The summed E-state index contributed by atoms with van der Waals surface area (Å²) in [4.78, 5) is 22.9. The second kappa shape index (κ2) is 7.41. The number of hydrogen-bond acceptors (Lipinski definition) is 2. The Morgan fingerprint density at radius 2 is 2.20 bits per heavy atom. The number of nitrogens with one attached hydrogen (secondary N) is 2. The van der Waals surface area contributed by atoms with E-state index >= 15 is 0 Å². The second-order valence-electron chi connectivity index (χ2n) is 4.07. The number of terminal acetylenes is 1. The zero-order chi connectivity index (χ0) is 15.1. The lowest BCUT2D eigenvalue weighted by Gasteiger charge is -2.14. The van der Waals surface area contributed by atoms with Gasteiger partial charge in [0, 0.05) is 0 Å². The van der Waals surface area contributed by atoms with Crippen LogP contribution in [0.4, 0.5) is 10.5 Å². The van der Waals surface area contributed by atoms with E-state index in [1.165, 1.54) is 12.1 Å². The average molecular weight is 295 g/mol. The van der Waals surface area contributed by atoms with Gasteiger partial charge in [-0.3, -0.25) is 0 Å². The Hall–Kier alpha value is -2.19. The van der Waals surface area contributed by atoms with Crippen molar-refractivity contribution in [3.63, 3.8) is 0 Å². The minimum absolute atomic E-state index is 0.0531. The van der Waals surface area contributed by atoms with Crippen LogP contribution in [-0.4, -0.2) is 23.1 Å². The molecule has 6 heteroatoms. The summed E-state index contributed by atoms with van der Waals surface area (Å²) in [6, 6.07) is 3.49. The van der Waals surface area contributed by atoms with E-state index in [0.29, 0.717) is 6.42 Å². The predicted octanol–water partition coefficient (Wildman–Crippen LogP) is 2.96. The number of carbonyl (C=O) groups is 2. The van der Waals surface area contributed by atoms with Crippen LogP contribution in [0.1, 0.15) is 30.1 Å². The number of carbonyl (C=O) groups excluding carboxylic acids is 1. The van der Waals surface area contributed by atoms with E-state index in [1.807, 2.05) is 6.92 Å². The summed E-state index contributed by atoms with van der Waals surface area (Å²) in [7, 11) is 0. The van der Waals surface area contributed by atoms with Crippen molar-refractivity contribution in [3.8, 4) is 12.3 Å². The van der Waals surface area contributed by atoms with Gasteiger partial charge in [0.25, 0.3) is 0 Å². The van der Waals surface area contributed by atoms with E-state index in [9.17, 15) is 9.59 Å². The predicted molar refractivity (Wildman–Crippen MR) is 78.1 cm³/mol. The Balaban J connectivity index is 2.84. The largest absolute Gasteiger partial charge is 0.478 e. The number of hydrogen-bond donors (Lipinski definition) is 3. The molecule has 1 atom stereocenters. The van der Waals surface area contributed by atoms with Gasteiger partial charge in [-0.1, -0.05) is 36.9 Å². The molecule has 0 aromatic heterocycles. The number of benzene rings is 1. The molecule has 2 amide bonds. The van der Waals surface area contributed by atoms with E-state index in [0.717, 1.165) is 6.42 Å². The second-order valence-corrected chi connectivity index (χ2v) is 4.48. The summed E-state index contributed by atoms with van der Waals surface area (Å²) >= 11 is 5.81. The molecule has 106 valence electrons. The van der Waals surface area contributed by atoms with Crippen LogP contribution in [0.2, 0.25) is 5.02 Å². The molecule has 1 unspecified atom stereocenters. The van der Waals surface area contributed by atoms with Crippen molar-refractivity contribution in [1.29, 1.82) is 0 Å². The summed E-state index contributed by atoms with van der Waals surface area (Å²) in [5, 5.41) is 14.2. The molecule has 0 spiro atoms. The molecule has 1 aromatic carbocycles. The highest BCUT2D eigenvalue weighted by molar-refractivity contribution is 6.34. The highest BCUT2D eigenvalue weighted by atomic mass is 35.5. The lowest BCUT2D eigenvalue weighted by molar-refractivity contribution is 0.0698. The van der Waals surface area contributed by atoms with Gasteiger partial charge in [-0.25, -0.2) is 9.59 Å². The van der Waals surface area contributed by atoms with E-state index in [-0.39, 0.29) is 16.3 Å². The molecule has 0 bridgehead atoms. The van der Waals surface area contributed by atoms with Gasteiger partial charge in [0.05, 0.1) is 16.8 Å².